The minimum Gasteiger partial charge on any atom is -0.478 e. The summed E-state index contributed by atoms with van der Waals surface area (Å²) in [5.41, 5.74) is -5.90. The van der Waals surface area contributed by atoms with Gasteiger partial charge in [-0.15, -0.1) is 0 Å². The summed E-state index contributed by atoms with van der Waals surface area (Å²) < 4.78 is 86.4. The zero-order valence-corrected chi connectivity index (χ0v) is 12.6. The lowest BCUT2D eigenvalue weighted by atomic mass is 10.1. The third kappa shape index (κ3) is 3.98. The summed E-state index contributed by atoms with van der Waals surface area (Å²) in [6.07, 6.45) is -4.62. The van der Waals surface area contributed by atoms with Crippen LogP contribution in [0.1, 0.15) is 13.8 Å². The molecule has 1 N–H and O–H groups in total. The van der Waals surface area contributed by atoms with Gasteiger partial charge in [-0.05, 0) is 13.8 Å². The van der Waals surface area contributed by atoms with Crippen molar-refractivity contribution >= 4 is 27.7 Å². The fraction of sp³-hybridized carbons (Fsp3) is 0.889. The zero-order chi connectivity index (χ0) is 17.6. The van der Waals surface area contributed by atoms with E-state index in [1.165, 1.54) is 13.8 Å². The van der Waals surface area contributed by atoms with Crippen molar-refractivity contribution < 1.29 is 49.5 Å². The Labute approximate surface area is 127 Å². The zero-order valence-electron chi connectivity index (χ0n) is 11.1. The van der Waals surface area contributed by atoms with Crippen molar-refractivity contribution in [1.82, 2.24) is 0 Å². The number of hydrogen-bond acceptors (Lipinski definition) is 6. The summed E-state index contributed by atoms with van der Waals surface area (Å²) in [6.45, 7) is 1.95. The second-order valence-corrected chi connectivity index (χ2v) is 6.83. The van der Waals surface area contributed by atoms with Crippen LogP contribution in [-0.2, 0) is 28.6 Å². The molecule has 1 unspecified atom stereocenters. The van der Waals surface area contributed by atoms with Crippen LogP contribution in [0, 0.1) is 0 Å². The second kappa shape index (κ2) is 5.74. The van der Waals surface area contributed by atoms with Crippen molar-refractivity contribution in [2.45, 2.75) is 42.5 Å². The van der Waals surface area contributed by atoms with Gasteiger partial charge in [-0.2, -0.15) is 21.6 Å². The van der Waals surface area contributed by atoms with Gasteiger partial charge in [0.1, 0.15) is 6.10 Å². The highest BCUT2D eigenvalue weighted by Gasteiger charge is 2.59. The highest BCUT2D eigenvalue weighted by Crippen LogP contribution is 2.37. The van der Waals surface area contributed by atoms with Crippen LogP contribution in [0.2, 0.25) is 0 Å². The molecule has 0 aromatic heterocycles. The molecule has 3 atom stereocenters. The van der Waals surface area contributed by atoms with Crippen LogP contribution < -0.4 is 0 Å². The van der Waals surface area contributed by atoms with Crippen LogP contribution in [0.15, 0.2) is 0 Å². The van der Waals surface area contributed by atoms with Crippen LogP contribution in [-0.4, -0.2) is 54.7 Å². The van der Waals surface area contributed by atoms with Gasteiger partial charge in [-0.25, -0.2) is 9.18 Å². The quantitative estimate of drug-likeness (QED) is 0.336. The molecule has 0 aromatic rings. The van der Waals surface area contributed by atoms with Crippen LogP contribution in [0.25, 0.3) is 0 Å². The molecule has 0 saturated carbocycles. The van der Waals surface area contributed by atoms with Gasteiger partial charge in [0.15, 0.2) is 11.9 Å². The van der Waals surface area contributed by atoms with Gasteiger partial charge in [0.05, 0.1) is 6.61 Å². The summed E-state index contributed by atoms with van der Waals surface area (Å²) in [7, 11) is -6.31. The molecule has 0 bridgehead atoms. The molecule has 1 aliphatic heterocycles. The number of rotatable bonds is 5. The van der Waals surface area contributed by atoms with E-state index in [0.717, 1.165) is 0 Å². The van der Waals surface area contributed by atoms with E-state index in [4.69, 9.17) is 26.2 Å². The Morgan fingerprint density at radius 2 is 1.91 bits per heavy atom. The molecular weight excluding hydrogens is 364 g/mol. The van der Waals surface area contributed by atoms with E-state index in [-0.39, 0.29) is 0 Å². The number of aliphatic carboxylic acids is 1. The van der Waals surface area contributed by atoms with Crippen LogP contribution in [0.4, 0.5) is 17.6 Å². The smallest absolute Gasteiger partial charge is 0.478 e. The van der Waals surface area contributed by atoms with E-state index >= 15 is 0 Å². The van der Waals surface area contributed by atoms with Crippen molar-refractivity contribution in [3.8, 4) is 0 Å². The largest absolute Gasteiger partial charge is 0.523 e. The average Bonchev–Trinajstić information content (AvgIpc) is 2.64. The molecular formula is C9H11ClF4O7S. The fourth-order valence-electron chi connectivity index (χ4n) is 1.53. The first-order valence-corrected chi connectivity index (χ1v) is 7.31. The molecule has 1 rings (SSSR count). The minimum absolute atomic E-state index is 0.628. The Bertz CT molecular complexity index is 545. The van der Waals surface area contributed by atoms with Crippen molar-refractivity contribution in [3.63, 3.8) is 0 Å². The lowest BCUT2D eigenvalue weighted by Crippen LogP contribution is -2.52. The Hall–Kier alpha value is -0.690. The number of hydrogen-bond donors (Lipinski definition) is 1. The summed E-state index contributed by atoms with van der Waals surface area (Å²) in [4.78, 5) is 10.8. The van der Waals surface area contributed by atoms with Gasteiger partial charge in [-0.3, -0.25) is 4.18 Å². The maximum Gasteiger partial charge on any atom is 0.523 e. The average molecular weight is 375 g/mol. The number of ether oxygens (including phenoxy) is 2. The molecule has 22 heavy (non-hydrogen) atoms. The minimum atomic E-state index is -6.31. The van der Waals surface area contributed by atoms with E-state index in [1.54, 1.807) is 0 Å². The summed E-state index contributed by atoms with van der Waals surface area (Å²) in [5.74, 6) is -3.86. The topological polar surface area (TPSA) is 99.1 Å². The normalized spacial score (nSPS) is 26.4. The Morgan fingerprint density at radius 1 is 1.41 bits per heavy atom. The molecule has 13 heteroatoms. The van der Waals surface area contributed by atoms with E-state index < -0.39 is 51.3 Å². The predicted octanol–water partition coefficient (Wildman–Crippen LogP) is 1.36. The van der Waals surface area contributed by atoms with E-state index in [2.05, 4.69) is 4.18 Å². The monoisotopic (exact) mass is 374 g/mol. The standard InChI is InChI=1S/C9H11ClF4O7S/c1-7(2)19-3-4(20-7)5(8(10,11)6(15)16)21-22(17,18)9(12,13)14/h4-5H,3H2,1-2H3,(H,15,16)/t4?,5-,8-/m0/s1. The predicted molar refractivity (Wildman–Crippen MR) is 62.1 cm³/mol. The first-order chi connectivity index (χ1) is 9.60. The third-order valence-electron chi connectivity index (χ3n) is 2.52. The first kappa shape index (κ1) is 19.4. The van der Waals surface area contributed by atoms with Gasteiger partial charge in [-0.1, -0.05) is 11.6 Å². The van der Waals surface area contributed by atoms with Gasteiger partial charge >= 0.3 is 26.7 Å². The Kier molecular flexibility index (Phi) is 5.05. The molecule has 1 aliphatic rings. The molecule has 0 spiro atoms. The Balaban J connectivity index is 3.17. The van der Waals surface area contributed by atoms with Crippen LogP contribution in [0.3, 0.4) is 0 Å². The lowest BCUT2D eigenvalue weighted by Gasteiger charge is -2.29. The molecule has 0 aromatic carbocycles. The van der Waals surface area contributed by atoms with Crippen molar-refractivity contribution in [3.05, 3.63) is 0 Å². The summed E-state index contributed by atoms with van der Waals surface area (Å²) in [5, 5.41) is 4.65. The third-order valence-corrected chi connectivity index (χ3v) is 3.93. The second-order valence-electron chi connectivity index (χ2n) is 4.71. The summed E-state index contributed by atoms with van der Waals surface area (Å²) in [6, 6.07) is 0. The van der Waals surface area contributed by atoms with Crippen LogP contribution in [0.5, 0.6) is 0 Å². The van der Waals surface area contributed by atoms with Crippen LogP contribution >= 0.6 is 11.6 Å². The first-order valence-electron chi connectivity index (χ1n) is 5.53. The highest BCUT2D eigenvalue weighted by atomic mass is 35.5. The van der Waals surface area contributed by atoms with Crippen molar-refractivity contribution in [2.75, 3.05) is 6.61 Å². The van der Waals surface area contributed by atoms with E-state index in [1.807, 2.05) is 0 Å². The molecule has 1 fully saturated rings. The highest BCUT2D eigenvalue weighted by molar-refractivity contribution is 7.87. The molecule has 130 valence electrons. The van der Waals surface area contributed by atoms with E-state index in [0.29, 0.717) is 0 Å². The van der Waals surface area contributed by atoms with Gasteiger partial charge < -0.3 is 14.6 Å². The molecule has 0 radical (unpaired) electrons. The van der Waals surface area contributed by atoms with Gasteiger partial charge in [0, 0.05) is 0 Å². The van der Waals surface area contributed by atoms with Crippen molar-refractivity contribution in [2.24, 2.45) is 0 Å². The maximum absolute atomic E-state index is 14.0. The van der Waals surface area contributed by atoms with Crippen molar-refractivity contribution in [1.29, 1.82) is 0 Å². The number of carbonyl (C=O) groups is 1. The lowest BCUT2D eigenvalue weighted by molar-refractivity contribution is -0.169. The molecule has 0 amide bonds. The van der Waals surface area contributed by atoms with E-state index in [9.17, 15) is 30.8 Å². The molecule has 0 aliphatic carbocycles. The number of alkyl halides is 5. The Morgan fingerprint density at radius 3 is 2.23 bits per heavy atom. The number of carboxylic acid groups (broad SMARTS) is 1. The van der Waals surface area contributed by atoms with Gasteiger partial charge in [0.2, 0.25) is 0 Å². The molecule has 1 heterocycles. The number of halogens is 5. The summed E-state index contributed by atoms with van der Waals surface area (Å²) >= 11 is 5.01. The molecule has 1 saturated heterocycles. The van der Waals surface area contributed by atoms with Gasteiger partial charge in [0.25, 0.3) is 0 Å². The fourth-order valence-corrected chi connectivity index (χ4v) is 2.41. The maximum atomic E-state index is 14.0. The SMILES string of the molecule is CC1(C)OCC([C@H](OS(=O)(=O)C(F)(F)F)[C@@](F)(Cl)C(=O)O)O1. The molecule has 7 nitrogen and oxygen atoms in total. The number of carboxylic acids is 1.